The Morgan fingerprint density at radius 3 is 2.94 bits per heavy atom. The number of rotatable bonds is 4. The van der Waals surface area contributed by atoms with Crippen LogP contribution in [0.1, 0.15) is 36.8 Å². The van der Waals surface area contributed by atoms with Crippen LogP contribution in [-0.2, 0) is 12.8 Å². The van der Waals surface area contributed by atoms with Crippen LogP contribution in [0.5, 0.6) is 5.75 Å². The van der Waals surface area contributed by atoms with E-state index >= 15 is 0 Å². The quantitative estimate of drug-likeness (QED) is 0.864. The molecule has 0 amide bonds. The summed E-state index contributed by atoms with van der Waals surface area (Å²) in [7, 11) is 0. The number of ether oxygens (including phenoxy) is 1. The van der Waals surface area contributed by atoms with E-state index in [-0.39, 0.29) is 0 Å². The number of halogens is 1. The van der Waals surface area contributed by atoms with E-state index in [9.17, 15) is 0 Å². The summed E-state index contributed by atoms with van der Waals surface area (Å²) in [5, 5.41) is 0. The van der Waals surface area contributed by atoms with E-state index in [4.69, 9.17) is 10.5 Å². The predicted molar refractivity (Wildman–Crippen MR) is 74.6 cm³/mol. The molecule has 1 aliphatic heterocycles. The second-order valence-electron chi connectivity index (χ2n) is 4.62. The van der Waals surface area contributed by atoms with Gasteiger partial charge in [-0.3, -0.25) is 0 Å². The number of nitrogens with two attached hydrogens (primary N) is 1. The second kappa shape index (κ2) is 6.41. The first-order valence-electron chi connectivity index (χ1n) is 6.45. The molecule has 0 saturated heterocycles. The first-order chi connectivity index (χ1) is 8.31. The highest BCUT2D eigenvalue weighted by atomic mass is 79.9. The Morgan fingerprint density at radius 1 is 1.24 bits per heavy atom. The molecule has 2 rings (SSSR count). The van der Waals surface area contributed by atoms with Crippen LogP contribution in [0.4, 0.5) is 0 Å². The third kappa shape index (κ3) is 3.46. The molecular formula is C14H20BrNO. The van der Waals surface area contributed by atoms with Gasteiger partial charge < -0.3 is 10.5 Å². The average Bonchev–Trinajstić information content (AvgIpc) is 2.55. The molecule has 94 valence electrons. The third-order valence-electron chi connectivity index (χ3n) is 3.19. The van der Waals surface area contributed by atoms with E-state index in [0.29, 0.717) is 0 Å². The van der Waals surface area contributed by atoms with Crippen molar-refractivity contribution in [3.63, 3.8) is 0 Å². The van der Waals surface area contributed by atoms with Crippen molar-refractivity contribution >= 4 is 15.9 Å². The first kappa shape index (κ1) is 12.9. The molecule has 0 spiro atoms. The second-order valence-corrected chi connectivity index (χ2v) is 5.47. The van der Waals surface area contributed by atoms with Gasteiger partial charge >= 0.3 is 0 Å². The largest absolute Gasteiger partial charge is 0.492 e. The smallest absolute Gasteiger partial charge is 0.136 e. The van der Waals surface area contributed by atoms with Crippen molar-refractivity contribution in [2.75, 3.05) is 13.2 Å². The molecule has 0 unspecified atom stereocenters. The van der Waals surface area contributed by atoms with Crippen LogP contribution in [0.2, 0.25) is 0 Å². The minimum absolute atomic E-state index is 0.787. The SMILES string of the molecule is NCCCCc1cc(Br)c2c(c1)CCCCO2. The Kier molecular flexibility index (Phi) is 4.86. The molecule has 17 heavy (non-hydrogen) atoms. The first-order valence-corrected chi connectivity index (χ1v) is 7.24. The zero-order chi connectivity index (χ0) is 12.1. The standard InChI is InChI=1S/C14H20BrNO/c15-13-10-11(5-1-3-7-16)9-12-6-2-4-8-17-14(12)13/h9-10H,1-8,16H2. The van der Waals surface area contributed by atoms with Gasteiger partial charge in [0.05, 0.1) is 11.1 Å². The van der Waals surface area contributed by atoms with E-state index in [1.165, 1.54) is 24.0 Å². The van der Waals surface area contributed by atoms with Gasteiger partial charge in [-0.1, -0.05) is 6.07 Å². The summed E-state index contributed by atoms with van der Waals surface area (Å²) < 4.78 is 6.90. The number of hydrogen-bond acceptors (Lipinski definition) is 2. The maximum atomic E-state index is 5.79. The molecular weight excluding hydrogens is 278 g/mol. The van der Waals surface area contributed by atoms with Crippen molar-refractivity contribution in [3.8, 4) is 5.75 Å². The zero-order valence-corrected chi connectivity index (χ0v) is 11.8. The van der Waals surface area contributed by atoms with Crippen LogP contribution in [-0.4, -0.2) is 13.2 Å². The Labute approximate surface area is 112 Å². The summed E-state index contributed by atoms with van der Waals surface area (Å²) in [4.78, 5) is 0. The summed E-state index contributed by atoms with van der Waals surface area (Å²) in [5.74, 6) is 1.06. The van der Waals surface area contributed by atoms with Crippen LogP contribution in [0.25, 0.3) is 0 Å². The van der Waals surface area contributed by atoms with Crippen molar-refractivity contribution in [1.82, 2.24) is 0 Å². The van der Waals surface area contributed by atoms with Gasteiger partial charge in [0.15, 0.2) is 0 Å². The van der Waals surface area contributed by atoms with E-state index in [1.54, 1.807) is 0 Å². The lowest BCUT2D eigenvalue weighted by Crippen LogP contribution is -2.00. The molecule has 2 nitrogen and oxygen atoms in total. The van der Waals surface area contributed by atoms with Gasteiger partial charge in [0.25, 0.3) is 0 Å². The normalized spacial score (nSPS) is 14.9. The Morgan fingerprint density at radius 2 is 2.12 bits per heavy atom. The number of hydrogen-bond donors (Lipinski definition) is 1. The zero-order valence-electron chi connectivity index (χ0n) is 10.2. The topological polar surface area (TPSA) is 35.2 Å². The van der Waals surface area contributed by atoms with Crippen LogP contribution in [0.3, 0.4) is 0 Å². The molecule has 0 saturated carbocycles. The van der Waals surface area contributed by atoms with Gasteiger partial charge in [0.1, 0.15) is 5.75 Å². The van der Waals surface area contributed by atoms with Gasteiger partial charge in [-0.05, 0) is 78.2 Å². The monoisotopic (exact) mass is 297 g/mol. The van der Waals surface area contributed by atoms with E-state index < -0.39 is 0 Å². The molecule has 1 heterocycles. The lowest BCUT2D eigenvalue weighted by molar-refractivity contribution is 0.315. The molecule has 2 N–H and O–H groups in total. The molecule has 1 aromatic rings. The molecule has 1 aromatic carbocycles. The predicted octanol–water partition coefficient (Wildman–Crippen LogP) is 3.45. The summed E-state index contributed by atoms with van der Waals surface area (Å²) in [6.07, 6.45) is 6.91. The van der Waals surface area contributed by atoms with Gasteiger partial charge in [-0.15, -0.1) is 0 Å². The van der Waals surface area contributed by atoms with Crippen LogP contribution >= 0.6 is 15.9 Å². The number of benzene rings is 1. The average molecular weight is 298 g/mol. The molecule has 0 atom stereocenters. The maximum absolute atomic E-state index is 5.79. The van der Waals surface area contributed by atoms with Crippen molar-refractivity contribution in [1.29, 1.82) is 0 Å². The Hall–Kier alpha value is -0.540. The van der Waals surface area contributed by atoms with Crippen LogP contribution < -0.4 is 10.5 Å². The number of aryl methyl sites for hydroxylation is 2. The Balaban J connectivity index is 2.14. The highest BCUT2D eigenvalue weighted by molar-refractivity contribution is 9.10. The Bertz CT molecular complexity index is 379. The highest BCUT2D eigenvalue weighted by Crippen LogP contribution is 2.34. The highest BCUT2D eigenvalue weighted by Gasteiger charge is 2.13. The van der Waals surface area contributed by atoms with Crippen LogP contribution in [0, 0.1) is 0 Å². The maximum Gasteiger partial charge on any atom is 0.136 e. The van der Waals surface area contributed by atoms with Crippen molar-refractivity contribution in [2.24, 2.45) is 5.73 Å². The molecule has 0 bridgehead atoms. The lowest BCUT2D eigenvalue weighted by atomic mass is 10.0. The molecule has 0 fully saturated rings. The summed E-state index contributed by atoms with van der Waals surface area (Å²) >= 11 is 3.63. The summed E-state index contributed by atoms with van der Waals surface area (Å²) in [6, 6.07) is 4.50. The van der Waals surface area contributed by atoms with Gasteiger partial charge in [0.2, 0.25) is 0 Å². The molecule has 0 aliphatic carbocycles. The van der Waals surface area contributed by atoms with Gasteiger partial charge in [0, 0.05) is 0 Å². The van der Waals surface area contributed by atoms with E-state index in [1.807, 2.05) is 0 Å². The van der Waals surface area contributed by atoms with E-state index in [0.717, 1.165) is 49.1 Å². The third-order valence-corrected chi connectivity index (χ3v) is 3.78. The van der Waals surface area contributed by atoms with Crippen molar-refractivity contribution < 1.29 is 4.74 Å². The molecule has 0 radical (unpaired) electrons. The molecule has 0 aromatic heterocycles. The van der Waals surface area contributed by atoms with Crippen molar-refractivity contribution in [3.05, 3.63) is 27.7 Å². The summed E-state index contributed by atoms with van der Waals surface area (Å²) in [6.45, 7) is 1.63. The van der Waals surface area contributed by atoms with Gasteiger partial charge in [-0.2, -0.15) is 0 Å². The fourth-order valence-electron chi connectivity index (χ4n) is 2.27. The van der Waals surface area contributed by atoms with Crippen LogP contribution in [0.15, 0.2) is 16.6 Å². The minimum Gasteiger partial charge on any atom is -0.492 e. The molecule has 3 heteroatoms. The van der Waals surface area contributed by atoms with E-state index in [2.05, 4.69) is 28.1 Å². The fraction of sp³-hybridized carbons (Fsp3) is 0.571. The van der Waals surface area contributed by atoms with Gasteiger partial charge in [-0.25, -0.2) is 0 Å². The lowest BCUT2D eigenvalue weighted by Gasteiger charge is -2.12. The van der Waals surface area contributed by atoms with Crippen molar-refractivity contribution in [2.45, 2.75) is 38.5 Å². The molecule has 1 aliphatic rings. The fourth-order valence-corrected chi connectivity index (χ4v) is 2.93. The minimum atomic E-state index is 0.787. The number of unbranched alkanes of at least 4 members (excludes halogenated alkanes) is 1. The summed E-state index contributed by atoms with van der Waals surface area (Å²) in [5.41, 5.74) is 8.28. The number of fused-ring (bicyclic) bond motifs is 1.